The van der Waals surface area contributed by atoms with Gasteiger partial charge in [-0.05, 0) is 24.7 Å². The molecule has 16 heavy (non-hydrogen) atoms. The van der Waals surface area contributed by atoms with Crippen molar-refractivity contribution in [1.29, 1.82) is 0 Å². The van der Waals surface area contributed by atoms with Gasteiger partial charge in [-0.25, -0.2) is 4.39 Å². The van der Waals surface area contributed by atoms with Gasteiger partial charge < -0.3 is 15.6 Å². The summed E-state index contributed by atoms with van der Waals surface area (Å²) in [7, 11) is 1.27. The van der Waals surface area contributed by atoms with Crippen LogP contribution in [-0.2, 0) is 9.53 Å². The second kappa shape index (κ2) is 5.46. The molecule has 1 unspecified atom stereocenters. The number of phenols is 1. The van der Waals surface area contributed by atoms with E-state index in [0.717, 1.165) is 6.07 Å². The minimum atomic E-state index is -0.476. The first kappa shape index (κ1) is 12.4. The fraction of sp³-hybridized carbons (Fsp3) is 0.364. The van der Waals surface area contributed by atoms with Crippen LogP contribution < -0.4 is 5.73 Å². The Morgan fingerprint density at radius 1 is 1.62 bits per heavy atom. The first-order valence-corrected chi connectivity index (χ1v) is 4.83. The maximum atomic E-state index is 13.0. The minimum absolute atomic E-state index is 0.0179. The van der Waals surface area contributed by atoms with Gasteiger partial charge in [0, 0.05) is 11.5 Å². The molecule has 4 nitrogen and oxygen atoms in total. The van der Waals surface area contributed by atoms with Gasteiger partial charge in [-0.3, -0.25) is 4.79 Å². The van der Waals surface area contributed by atoms with E-state index in [-0.39, 0.29) is 18.7 Å². The monoisotopic (exact) mass is 227 g/mol. The van der Waals surface area contributed by atoms with Crippen LogP contribution in [0.15, 0.2) is 18.2 Å². The number of methoxy groups -OCH3 is 1. The number of ether oxygens (including phenoxy) is 1. The van der Waals surface area contributed by atoms with Gasteiger partial charge in [-0.15, -0.1) is 0 Å². The molecule has 0 fully saturated rings. The Balaban J connectivity index is 2.94. The molecule has 3 N–H and O–H groups in total. The molecule has 0 aliphatic heterocycles. The molecule has 88 valence electrons. The van der Waals surface area contributed by atoms with Crippen molar-refractivity contribution < 1.29 is 19.0 Å². The lowest BCUT2D eigenvalue weighted by Gasteiger charge is -2.15. The molecule has 0 aliphatic carbocycles. The second-order valence-corrected chi connectivity index (χ2v) is 3.42. The third-order valence-electron chi connectivity index (χ3n) is 2.35. The molecule has 0 aliphatic rings. The highest BCUT2D eigenvalue weighted by molar-refractivity contribution is 5.70. The number of rotatable bonds is 4. The highest BCUT2D eigenvalue weighted by atomic mass is 19.1. The first-order chi connectivity index (χ1) is 7.58. The molecule has 1 rings (SSSR count). The Labute approximate surface area is 92.8 Å². The molecule has 1 aromatic carbocycles. The van der Waals surface area contributed by atoms with E-state index >= 15 is 0 Å². The fourth-order valence-corrected chi connectivity index (χ4v) is 1.46. The summed E-state index contributed by atoms with van der Waals surface area (Å²) in [5.41, 5.74) is 5.81. The van der Waals surface area contributed by atoms with Gasteiger partial charge in [-0.2, -0.15) is 0 Å². The molecular weight excluding hydrogens is 213 g/mol. The summed E-state index contributed by atoms with van der Waals surface area (Å²) in [6.45, 7) is 0.131. The topological polar surface area (TPSA) is 72.5 Å². The van der Waals surface area contributed by atoms with Crippen LogP contribution in [0, 0.1) is 5.82 Å². The molecule has 0 saturated heterocycles. The highest BCUT2D eigenvalue weighted by Gasteiger charge is 2.18. The number of nitrogens with two attached hydrogens (primary N) is 1. The number of aromatic hydroxyl groups is 1. The maximum absolute atomic E-state index is 13.0. The van der Waals surface area contributed by atoms with E-state index in [1.54, 1.807) is 0 Å². The number of hydrogen-bond acceptors (Lipinski definition) is 4. The average Bonchev–Trinajstić information content (AvgIpc) is 2.29. The number of benzene rings is 1. The standard InChI is InChI=1S/C11H14FNO3/c1-16-11(15)4-7(6-13)9-5-8(12)2-3-10(9)14/h2-3,5,7,14H,4,6,13H2,1H3. The highest BCUT2D eigenvalue weighted by Crippen LogP contribution is 2.28. The van der Waals surface area contributed by atoms with Gasteiger partial charge in [0.25, 0.3) is 0 Å². The van der Waals surface area contributed by atoms with Crippen LogP contribution in [-0.4, -0.2) is 24.7 Å². The number of halogens is 1. The van der Waals surface area contributed by atoms with Gasteiger partial charge >= 0.3 is 5.97 Å². The van der Waals surface area contributed by atoms with E-state index in [1.807, 2.05) is 0 Å². The Bertz CT molecular complexity index is 381. The first-order valence-electron chi connectivity index (χ1n) is 4.83. The minimum Gasteiger partial charge on any atom is -0.508 e. The molecule has 0 bridgehead atoms. The van der Waals surface area contributed by atoms with E-state index in [1.165, 1.54) is 19.2 Å². The summed E-state index contributed by atoms with van der Waals surface area (Å²) in [6, 6.07) is 3.56. The van der Waals surface area contributed by atoms with Crippen LogP contribution in [0.5, 0.6) is 5.75 Å². The molecule has 1 aromatic rings. The second-order valence-electron chi connectivity index (χ2n) is 3.42. The quantitative estimate of drug-likeness (QED) is 0.756. The van der Waals surface area contributed by atoms with Gasteiger partial charge in [0.2, 0.25) is 0 Å². The van der Waals surface area contributed by atoms with Crippen LogP contribution >= 0.6 is 0 Å². The Hall–Kier alpha value is -1.62. The van der Waals surface area contributed by atoms with E-state index in [2.05, 4.69) is 4.74 Å². The molecule has 5 heteroatoms. The average molecular weight is 227 g/mol. The fourth-order valence-electron chi connectivity index (χ4n) is 1.46. The van der Waals surface area contributed by atoms with Crippen LogP contribution in [0.1, 0.15) is 17.9 Å². The predicted octanol–water partition coefficient (Wildman–Crippen LogP) is 1.14. The number of esters is 1. The molecule has 0 amide bonds. The van der Waals surface area contributed by atoms with Gasteiger partial charge in [0.1, 0.15) is 11.6 Å². The number of carbonyl (C=O) groups is 1. The SMILES string of the molecule is COC(=O)CC(CN)c1cc(F)ccc1O. The van der Waals surface area contributed by atoms with Crippen molar-refractivity contribution in [2.45, 2.75) is 12.3 Å². The molecular formula is C11H14FNO3. The van der Waals surface area contributed by atoms with Crippen molar-refractivity contribution in [2.75, 3.05) is 13.7 Å². The number of carbonyl (C=O) groups excluding carboxylic acids is 1. The zero-order chi connectivity index (χ0) is 12.1. The summed E-state index contributed by atoms with van der Waals surface area (Å²) in [5, 5.41) is 9.55. The maximum Gasteiger partial charge on any atom is 0.306 e. The Morgan fingerprint density at radius 2 is 2.31 bits per heavy atom. The predicted molar refractivity (Wildman–Crippen MR) is 56.5 cm³/mol. The number of phenolic OH excluding ortho intramolecular Hbond substituents is 1. The molecule has 0 spiro atoms. The van der Waals surface area contributed by atoms with Crippen LogP contribution in [0.4, 0.5) is 4.39 Å². The van der Waals surface area contributed by atoms with Crippen molar-refractivity contribution >= 4 is 5.97 Å². The van der Waals surface area contributed by atoms with E-state index in [0.29, 0.717) is 5.56 Å². The molecule has 0 saturated carbocycles. The summed E-state index contributed by atoms with van der Waals surface area (Å²) in [6.07, 6.45) is 0.0179. The lowest BCUT2D eigenvalue weighted by Crippen LogP contribution is -2.17. The molecule has 0 radical (unpaired) electrons. The van der Waals surface area contributed by atoms with E-state index in [4.69, 9.17) is 5.73 Å². The van der Waals surface area contributed by atoms with Gasteiger partial charge in [-0.1, -0.05) is 0 Å². The zero-order valence-corrected chi connectivity index (χ0v) is 8.94. The Kier molecular flexibility index (Phi) is 4.25. The summed E-state index contributed by atoms with van der Waals surface area (Å²) < 4.78 is 17.5. The molecule has 0 aromatic heterocycles. The lowest BCUT2D eigenvalue weighted by atomic mass is 9.95. The van der Waals surface area contributed by atoms with Gasteiger partial charge in [0.05, 0.1) is 13.5 Å². The largest absolute Gasteiger partial charge is 0.508 e. The molecule has 0 heterocycles. The van der Waals surface area contributed by atoms with Crippen molar-refractivity contribution in [3.8, 4) is 5.75 Å². The van der Waals surface area contributed by atoms with Crippen LogP contribution in [0.3, 0.4) is 0 Å². The van der Waals surface area contributed by atoms with Crippen molar-refractivity contribution in [2.24, 2.45) is 5.73 Å². The lowest BCUT2D eigenvalue weighted by molar-refractivity contribution is -0.141. The Morgan fingerprint density at radius 3 is 2.88 bits per heavy atom. The number of hydrogen-bond donors (Lipinski definition) is 2. The van der Waals surface area contributed by atoms with Crippen LogP contribution in [0.25, 0.3) is 0 Å². The molecule has 1 atom stereocenters. The summed E-state index contributed by atoms with van der Waals surface area (Å²) >= 11 is 0. The third-order valence-corrected chi connectivity index (χ3v) is 2.35. The smallest absolute Gasteiger partial charge is 0.306 e. The normalized spacial score (nSPS) is 12.2. The van der Waals surface area contributed by atoms with Crippen molar-refractivity contribution in [1.82, 2.24) is 0 Å². The van der Waals surface area contributed by atoms with Gasteiger partial charge in [0.15, 0.2) is 0 Å². The van der Waals surface area contributed by atoms with E-state index in [9.17, 15) is 14.3 Å². The van der Waals surface area contributed by atoms with E-state index < -0.39 is 17.7 Å². The third kappa shape index (κ3) is 2.93. The zero-order valence-electron chi connectivity index (χ0n) is 8.94. The van der Waals surface area contributed by atoms with Crippen LogP contribution in [0.2, 0.25) is 0 Å². The summed E-state index contributed by atoms with van der Waals surface area (Å²) in [5.74, 6) is -1.43. The van der Waals surface area contributed by atoms with Crippen molar-refractivity contribution in [3.63, 3.8) is 0 Å². The van der Waals surface area contributed by atoms with Crippen molar-refractivity contribution in [3.05, 3.63) is 29.6 Å². The summed E-state index contributed by atoms with van der Waals surface area (Å²) in [4.78, 5) is 11.1.